The van der Waals surface area contributed by atoms with Gasteiger partial charge in [-0.25, -0.2) is 0 Å². The molecule has 1 aromatic carbocycles. The molecule has 0 spiro atoms. The summed E-state index contributed by atoms with van der Waals surface area (Å²) in [6.45, 7) is 2.05. The third-order valence-electron chi connectivity index (χ3n) is 4.87. The number of sulfonamides is 1. The highest BCUT2D eigenvalue weighted by atomic mass is 32.2. The lowest BCUT2D eigenvalue weighted by Crippen LogP contribution is -2.54. The molecule has 1 saturated carbocycles. The third kappa shape index (κ3) is 2.88. The quantitative estimate of drug-likeness (QED) is 0.893. The Balaban J connectivity index is 1.56. The number of nitrogens with one attached hydrogen (secondary N) is 1. The summed E-state index contributed by atoms with van der Waals surface area (Å²) in [5, 5.41) is 3.18. The smallest absolute Gasteiger partial charge is 0.286 e. The fourth-order valence-corrected chi connectivity index (χ4v) is 4.94. The second-order valence-electron chi connectivity index (χ2n) is 6.37. The summed E-state index contributed by atoms with van der Waals surface area (Å²) in [5.74, 6) is 0.509. The van der Waals surface area contributed by atoms with E-state index in [0.29, 0.717) is 30.7 Å². The normalized spacial score (nSPS) is 29.8. The highest BCUT2D eigenvalue weighted by molar-refractivity contribution is 7.90. The van der Waals surface area contributed by atoms with Crippen LogP contribution in [0.3, 0.4) is 0 Å². The molecule has 4 rings (SSSR count). The van der Waals surface area contributed by atoms with E-state index in [4.69, 9.17) is 4.74 Å². The lowest BCUT2D eigenvalue weighted by Gasteiger charge is -2.44. The van der Waals surface area contributed by atoms with Gasteiger partial charge in [-0.15, -0.1) is 4.40 Å². The number of para-hydroxylation sites is 1. The number of benzene rings is 1. The number of morpholine rings is 1. The van der Waals surface area contributed by atoms with E-state index in [0.717, 1.165) is 19.4 Å². The van der Waals surface area contributed by atoms with Gasteiger partial charge in [-0.05, 0) is 25.0 Å². The second kappa shape index (κ2) is 5.89. The van der Waals surface area contributed by atoms with Crippen molar-refractivity contribution in [3.05, 3.63) is 24.3 Å². The molecule has 23 heavy (non-hydrogen) atoms. The maximum atomic E-state index is 12.3. The van der Waals surface area contributed by atoms with E-state index in [2.05, 4.69) is 14.6 Å². The molecular formula is C16H21N3O3S. The first-order valence-corrected chi connectivity index (χ1v) is 9.63. The first-order chi connectivity index (χ1) is 11.1. The van der Waals surface area contributed by atoms with E-state index in [1.165, 1.54) is 12.8 Å². The Hall–Kier alpha value is -1.44. The van der Waals surface area contributed by atoms with Crippen LogP contribution in [0.5, 0.6) is 0 Å². The van der Waals surface area contributed by atoms with Crippen LogP contribution in [0.4, 0.5) is 5.69 Å². The van der Waals surface area contributed by atoms with Crippen molar-refractivity contribution in [3.63, 3.8) is 0 Å². The van der Waals surface area contributed by atoms with Gasteiger partial charge in [0.15, 0.2) is 0 Å². The maximum Gasteiger partial charge on any atom is 0.286 e. The van der Waals surface area contributed by atoms with Gasteiger partial charge in [-0.2, -0.15) is 8.42 Å². The molecule has 2 atom stereocenters. The molecule has 1 saturated heterocycles. The van der Waals surface area contributed by atoms with Crippen LogP contribution in [0.2, 0.25) is 0 Å². The zero-order chi connectivity index (χ0) is 15.9. The van der Waals surface area contributed by atoms with Crippen molar-refractivity contribution in [2.45, 2.75) is 42.7 Å². The van der Waals surface area contributed by atoms with E-state index >= 15 is 0 Å². The molecular weight excluding hydrogens is 314 g/mol. The largest absolute Gasteiger partial charge is 0.375 e. The molecule has 124 valence electrons. The Kier molecular flexibility index (Phi) is 3.87. The number of anilines is 1. The standard InChI is InChI=1S/C16H21N3O3S/c20-23(21)15-8-4-1-5-12(15)17-16(18-23)11-19-9-10-22-14-7-3-2-6-13(14)19/h1,4-5,8,13-14H,2-3,6-7,9-11H2,(H,17,18). The second-order valence-corrected chi connectivity index (χ2v) is 7.94. The van der Waals surface area contributed by atoms with Gasteiger partial charge in [-0.3, -0.25) is 4.90 Å². The van der Waals surface area contributed by atoms with Gasteiger partial charge in [0.05, 0.1) is 24.9 Å². The van der Waals surface area contributed by atoms with E-state index in [-0.39, 0.29) is 11.0 Å². The van der Waals surface area contributed by atoms with Gasteiger partial charge >= 0.3 is 0 Å². The molecule has 2 unspecified atom stereocenters. The van der Waals surface area contributed by atoms with Crippen LogP contribution in [0.25, 0.3) is 0 Å². The topological polar surface area (TPSA) is 71.0 Å². The Morgan fingerprint density at radius 2 is 2.09 bits per heavy atom. The third-order valence-corrected chi connectivity index (χ3v) is 6.25. The van der Waals surface area contributed by atoms with Crippen LogP contribution in [0, 0.1) is 0 Å². The molecule has 0 aromatic heterocycles. The first-order valence-electron chi connectivity index (χ1n) is 8.19. The summed E-state index contributed by atoms with van der Waals surface area (Å²) < 4.78 is 34.5. The lowest BCUT2D eigenvalue weighted by atomic mass is 9.90. The average molecular weight is 335 g/mol. The molecule has 0 bridgehead atoms. The van der Waals surface area contributed by atoms with E-state index in [9.17, 15) is 8.42 Å². The molecule has 2 fully saturated rings. The lowest BCUT2D eigenvalue weighted by molar-refractivity contribution is -0.0827. The molecule has 3 aliphatic rings. The number of hydrogen-bond donors (Lipinski definition) is 1. The Bertz CT molecular complexity index is 730. The molecule has 1 N–H and O–H groups in total. The fourth-order valence-electron chi connectivity index (χ4n) is 3.80. The van der Waals surface area contributed by atoms with Crippen molar-refractivity contribution in [2.24, 2.45) is 4.40 Å². The molecule has 0 radical (unpaired) electrons. The summed E-state index contributed by atoms with van der Waals surface area (Å²) >= 11 is 0. The van der Waals surface area contributed by atoms with Crippen LogP contribution in [-0.2, 0) is 14.8 Å². The van der Waals surface area contributed by atoms with Crippen LogP contribution in [0.15, 0.2) is 33.6 Å². The molecule has 2 heterocycles. The van der Waals surface area contributed by atoms with Crippen molar-refractivity contribution in [2.75, 3.05) is 25.0 Å². The van der Waals surface area contributed by atoms with E-state index in [1.807, 2.05) is 6.07 Å². The monoisotopic (exact) mass is 335 g/mol. The van der Waals surface area contributed by atoms with Crippen molar-refractivity contribution in [1.29, 1.82) is 0 Å². The number of amidine groups is 1. The molecule has 1 aromatic rings. The van der Waals surface area contributed by atoms with Crippen LogP contribution in [0.1, 0.15) is 25.7 Å². The minimum absolute atomic E-state index is 0.251. The van der Waals surface area contributed by atoms with E-state index in [1.54, 1.807) is 18.2 Å². The van der Waals surface area contributed by atoms with E-state index < -0.39 is 10.0 Å². The highest BCUT2D eigenvalue weighted by Gasteiger charge is 2.35. The Morgan fingerprint density at radius 1 is 1.26 bits per heavy atom. The maximum absolute atomic E-state index is 12.3. The SMILES string of the molecule is O=S1(=O)N=C(CN2CCOC3CCCCC32)Nc2ccccc21. The minimum Gasteiger partial charge on any atom is -0.375 e. The van der Waals surface area contributed by atoms with Crippen molar-refractivity contribution < 1.29 is 13.2 Å². The summed E-state index contributed by atoms with van der Waals surface area (Å²) in [6, 6.07) is 7.29. The Labute approximate surface area is 136 Å². The number of ether oxygens (including phenoxy) is 1. The number of rotatable bonds is 2. The molecule has 0 amide bonds. The number of hydrogen-bond acceptors (Lipinski definition) is 5. The molecule has 1 aliphatic carbocycles. The summed E-state index contributed by atoms with van der Waals surface area (Å²) in [4.78, 5) is 2.57. The van der Waals surface area contributed by atoms with Crippen LogP contribution >= 0.6 is 0 Å². The van der Waals surface area contributed by atoms with Gasteiger partial charge in [0, 0.05) is 12.6 Å². The van der Waals surface area contributed by atoms with Gasteiger partial charge in [0.25, 0.3) is 10.0 Å². The number of nitrogens with zero attached hydrogens (tertiary/aromatic N) is 2. The fraction of sp³-hybridized carbons (Fsp3) is 0.562. The minimum atomic E-state index is -3.60. The predicted octanol–water partition coefficient (Wildman–Crippen LogP) is 1.84. The van der Waals surface area contributed by atoms with Crippen molar-refractivity contribution in [1.82, 2.24) is 4.90 Å². The average Bonchev–Trinajstić information content (AvgIpc) is 2.55. The first kappa shape index (κ1) is 15.1. The summed E-state index contributed by atoms with van der Waals surface area (Å²) in [5.41, 5.74) is 0.617. The van der Waals surface area contributed by atoms with Gasteiger partial charge < -0.3 is 10.1 Å². The van der Waals surface area contributed by atoms with Gasteiger partial charge in [0.1, 0.15) is 10.7 Å². The summed E-state index contributed by atoms with van der Waals surface area (Å²) in [7, 11) is -3.60. The zero-order valence-corrected chi connectivity index (χ0v) is 13.8. The predicted molar refractivity (Wildman–Crippen MR) is 88.3 cm³/mol. The Morgan fingerprint density at radius 3 is 3.00 bits per heavy atom. The highest BCUT2D eigenvalue weighted by Crippen LogP contribution is 2.30. The van der Waals surface area contributed by atoms with Crippen LogP contribution in [-0.4, -0.2) is 51.0 Å². The zero-order valence-electron chi connectivity index (χ0n) is 12.9. The molecule has 6 nitrogen and oxygen atoms in total. The summed E-state index contributed by atoms with van der Waals surface area (Å²) in [6.07, 6.45) is 4.92. The van der Waals surface area contributed by atoms with Gasteiger partial charge in [0.2, 0.25) is 0 Å². The molecule has 7 heteroatoms. The molecule has 2 aliphatic heterocycles. The number of fused-ring (bicyclic) bond motifs is 2. The van der Waals surface area contributed by atoms with Crippen LogP contribution < -0.4 is 5.32 Å². The van der Waals surface area contributed by atoms with Crippen molar-refractivity contribution in [3.8, 4) is 0 Å². The van der Waals surface area contributed by atoms with Crippen molar-refractivity contribution >= 4 is 21.5 Å². The van der Waals surface area contributed by atoms with Gasteiger partial charge in [-0.1, -0.05) is 25.0 Å².